The van der Waals surface area contributed by atoms with Crippen LogP contribution >= 0.6 is 0 Å². The summed E-state index contributed by atoms with van der Waals surface area (Å²) in [4.78, 5) is 13.3. The van der Waals surface area contributed by atoms with E-state index in [0.29, 0.717) is 6.42 Å². The van der Waals surface area contributed by atoms with Gasteiger partial charge in [0.15, 0.2) is 0 Å². The van der Waals surface area contributed by atoms with Gasteiger partial charge < -0.3 is 9.53 Å². The van der Waals surface area contributed by atoms with Crippen molar-refractivity contribution in [3.8, 4) is 0 Å². The molecule has 0 heterocycles. The van der Waals surface area contributed by atoms with E-state index in [4.69, 9.17) is 4.43 Å². The van der Waals surface area contributed by atoms with E-state index < -0.39 is 36.5 Å². The van der Waals surface area contributed by atoms with E-state index >= 15 is 0 Å². The lowest BCUT2D eigenvalue weighted by atomic mass is 10.0. The smallest absolute Gasteiger partial charge is 0.265 e. The highest BCUT2D eigenvalue weighted by molar-refractivity contribution is 7.90. The van der Waals surface area contributed by atoms with Gasteiger partial charge in [0.2, 0.25) is 8.32 Å². The van der Waals surface area contributed by atoms with Crippen LogP contribution < -0.4 is 4.72 Å². The molecule has 0 unspecified atom stereocenters. The number of hydrogen-bond donors (Lipinski definition) is 2. The molecule has 188 valence electrons. The minimum absolute atomic E-state index is 0.0273. The molecule has 2 atom stereocenters. The molecule has 1 aromatic rings. The first-order valence-corrected chi connectivity index (χ1v) is 15.4. The number of aliphatic hydroxyl groups excluding tert-OH is 1. The standard InChI is InChI=1S/C25H43NO5SSi/c1-17(2)23(27)11-10-12-24(31-33(18(3)4,19(5)6)20(7)8)25(28)26-32(29,30)22-15-13-21(9)14-16-22/h10,12-20,23-24,27H,11H2,1-9H3,(H,26,28)/b12-10-/t23-,24+/m0/s1. The molecule has 0 saturated heterocycles. The summed E-state index contributed by atoms with van der Waals surface area (Å²) in [5, 5.41) is 10.2. The Labute approximate surface area is 202 Å². The number of nitrogens with one attached hydrogen (secondary N) is 1. The predicted octanol–water partition coefficient (Wildman–Crippen LogP) is 5.32. The van der Waals surface area contributed by atoms with E-state index in [2.05, 4.69) is 46.3 Å². The molecule has 0 aliphatic rings. The van der Waals surface area contributed by atoms with Gasteiger partial charge in [-0.2, -0.15) is 0 Å². The van der Waals surface area contributed by atoms with Crippen LogP contribution in [0.15, 0.2) is 41.3 Å². The normalized spacial score (nSPS) is 15.1. The van der Waals surface area contributed by atoms with E-state index in [1.807, 2.05) is 20.8 Å². The SMILES string of the molecule is Cc1ccc(S(=O)(=O)NC(=O)[C@@H](/C=C\C[C@H](O)C(C)C)O[Si](C(C)C)(C(C)C)C(C)C)cc1. The molecule has 1 rings (SSSR count). The summed E-state index contributed by atoms with van der Waals surface area (Å²) in [6, 6.07) is 6.33. The minimum atomic E-state index is -4.04. The first kappa shape index (κ1) is 29.5. The number of carbonyl (C=O) groups is 1. The van der Waals surface area contributed by atoms with Gasteiger partial charge in [-0.25, -0.2) is 13.1 Å². The van der Waals surface area contributed by atoms with Crippen molar-refractivity contribution in [3.63, 3.8) is 0 Å². The van der Waals surface area contributed by atoms with E-state index in [1.54, 1.807) is 24.3 Å². The highest BCUT2D eigenvalue weighted by Gasteiger charge is 2.47. The van der Waals surface area contributed by atoms with E-state index in [0.717, 1.165) is 5.56 Å². The largest absolute Gasteiger partial charge is 0.401 e. The van der Waals surface area contributed by atoms with Crippen LogP contribution in [-0.2, 0) is 19.2 Å². The number of hydrogen-bond acceptors (Lipinski definition) is 5. The lowest BCUT2D eigenvalue weighted by molar-refractivity contribution is -0.124. The monoisotopic (exact) mass is 497 g/mol. The van der Waals surface area contributed by atoms with E-state index in [-0.39, 0.29) is 27.4 Å². The number of sulfonamides is 1. The Kier molecular flexibility index (Phi) is 11.0. The number of aryl methyl sites for hydroxylation is 1. The van der Waals surface area contributed by atoms with Gasteiger partial charge in [0.1, 0.15) is 6.10 Å². The number of carbonyl (C=O) groups excluding carboxylic acids is 1. The second-order valence-corrected chi connectivity index (χ2v) is 17.2. The van der Waals surface area contributed by atoms with Gasteiger partial charge in [-0.05, 0) is 48.0 Å². The molecular weight excluding hydrogens is 454 g/mol. The second-order valence-electron chi connectivity index (χ2n) is 10.1. The first-order valence-electron chi connectivity index (χ1n) is 11.8. The number of rotatable bonds is 12. The lowest BCUT2D eigenvalue weighted by Gasteiger charge is -2.43. The molecule has 1 amide bonds. The fourth-order valence-electron chi connectivity index (χ4n) is 4.39. The van der Waals surface area contributed by atoms with Gasteiger partial charge in [-0.3, -0.25) is 4.79 Å². The maximum absolute atomic E-state index is 13.2. The molecule has 0 aromatic heterocycles. The van der Waals surface area contributed by atoms with Crippen LogP contribution in [0.25, 0.3) is 0 Å². The second kappa shape index (κ2) is 12.3. The molecular formula is C25H43NO5SSi. The zero-order valence-corrected chi connectivity index (χ0v) is 23.4. The summed E-state index contributed by atoms with van der Waals surface area (Å²) >= 11 is 0. The van der Waals surface area contributed by atoms with E-state index in [9.17, 15) is 18.3 Å². The van der Waals surface area contributed by atoms with Crippen molar-refractivity contribution in [2.45, 2.75) is 102 Å². The molecule has 6 nitrogen and oxygen atoms in total. The fraction of sp³-hybridized carbons (Fsp3) is 0.640. The number of benzene rings is 1. The molecule has 8 heteroatoms. The van der Waals surface area contributed by atoms with Crippen LogP contribution in [-0.4, -0.2) is 40.0 Å². The summed E-state index contributed by atoms with van der Waals surface area (Å²) in [5.74, 6) is -0.648. The van der Waals surface area contributed by atoms with Gasteiger partial charge in [-0.1, -0.05) is 85.2 Å². The van der Waals surface area contributed by atoms with Crippen LogP contribution in [0.4, 0.5) is 0 Å². The van der Waals surface area contributed by atoms with Crippen molar-refractivity contribution >= 4 is 24.2 Å². The highest BCUT2D eigenvalue weighted by atomic mass is 32.2. The van der Waals surface area contributed by atoms with E-state index in [1.165, 1.54) is 12.1 Å². The number of aliphatic hydroxyl groups is 1. The molecule has 0 spiro atoms. The Hall–Kier alpha value is -1.48. The van der Waals surface area contributed by atoms with Gasteiger partial charge in [-0.15, -0.1) is 0 Å². The van der Waals surface area contributed by atoms with Crippen LogP contribution in [0, 0.1) is 12.8 Å². The zero-order valence-electron chi connectivity index (χ0n) is 21.6. The first-order chi connectivity index (χ1) is 15.1. The average molecular weight is 498 g/mol. The third-order valence-electron chi connectivity index (χ3n) is 6.32. The summed E-state index contributed by atoms with van der Waals surface area (Å²) in [6.45, 7) is 18.3. The Morgan fingerprint density at radius 3 is 1.91 bits per heavy atom. The zero-order chi connectivity index (χ0) is 25.6. The number of amides is 1. The lowest BCUT2D eigenvalue weighted by Crippen LogP contribution is -2.53. The third kappa shape index (κ3) is 7.77. The third-order valence-corrected chi connectivity index (χ3v) is 13.8. The quantitative estimate of drug-likeness (QED) is 0.301. The van der Waals surface area contributed by atoms with Gasteiger partial charge in [0.05, 0.1) is 11.0 Å². The maximum Gasteiger partial charge on any atom is 0.265 e. The molecule has 0 aliphatic heterocycles. The molecule has 0 bridgehead atoms. The van der Waals surface area contributed by atoms with Crippen molar-refractivity contribution in [1.29, 1.82) is 0 Å². The Morgan fingerprint density at radius 2 is 1.48 bits per heavy atom. The average Bonchev–Trinajstić information content (AvgIpc) is 2.69. The van der Waals surface area contributed by atoms with Gasteiger partial charge in [0.25, 0.3) is 15.9 Å². The summed E-state index contributed by atoms with van der Waals surface area (Å²) in [7, 11) is -6.52. The van der Waals surface area contributed by atoms with Crippen molar-refractivity contribution in [2.24, 2.45) is 5.92 Å². The van der Waals surface area contributed by atoms with Crippen LogP contribution in [0.1, 0.15) is 67.4 Å². The Morgan fingerprint density at radius 1 is 1.00 bits per heavy atom. The minimum Gasteiger partial charge on any atom is -0.401 e. The molecule has 0 saturated carbocycles. The molecule has 2 N–H and O–H groups in total. The van der Waals surface area contributed by atoms with Gasteiger partial charge in [0, 0.05) is 0 Å². The molecule has 33 heavy (non-hydrogen) atoms. The maximum atomic E-state index is 13.2. The van der Waals surface area contributed by atoms with Gasteiger partial charge >= 0.3 is 0 Å². The van der Waals surface area contributed by atoms with Crippen molar-refractivity contribution in [1.82, 2.24) is 4.72 Å². The predicted molar refractivity (Wildman–Crippen MR) is 137 cm³/mol. The fourth-order valence-corrected chi connectivity index (χ4v) is 10.8. The van der Waals surface area contributed by atoms with Crippen molar-refractivity contribution < 1.29 is 22.7 Å². The topological polar surface area (TPSA) is 92.7 Å². The summed E-state index contributed by atoms with van der Waals surface area (Å²) < 4.78 is 34.5. The molecule has 0 radical (unpaired) electrons. The highest BCUT2D eigenvalue weighted by Crippen LogP contribution is 2.43. The van der Waals surface area contributed by atoms with Crippen molar-refractivity contribution in [2.75, 3.05) is 0 Å². The summed E-state index contributed by atoms with van der Waals surface area (Å²) in [5.41, 5.74) is 1.58. The Balaban J connectivity index is 3.31. The van der Waals surface area contributed by atoms with Crippen LogP contribution in [0.2, 0.25) is 16.6 Å². The van der Waals surface area contributed by atoms with Crippen LogP contribution in [0.3, 0.4) is 0 Å². The molecule has 0 fully saturated rings. The van der Waals surface area contributed by atoms with Crippen molar-refractivity contribution in [3.05, 3.63) is 42.0 Å². The molecule has 1 aromatic carbocycles. The summed E-state index contributed by atoms with van der Waals surface area (Å²) in [6.07, 6.45) is 2.05. The van der Waals surface area contributed by atoms with Crippen LogP contribution in [0.5, 0.6) is 0 Å². The molecule has 0 aliphatic carbocycles. The Bertz CT molecular complexity index is 870.